The van der Waals surface area contributed by atoms with E-state index in [1.165, 1.54) is 119 Å². The van der Waals surface area contributed by atoms with Gasteiger partial charge in [-0.2, -0.15) is 0 Å². The van der Waals surface area contributed by atoms with Crippen molar-refractivity contribution in [2.24, 2.45) is 0 Å². The summed E-state index contributed by atoms with van der Waals surface area (Å²) in [5, 5.41) is 19.2. The molecule has 10 nitrogen and oxygen atoms in total. The van der Waals surface area contributed by atoms with Crippen LogP contribution in [0.3, 0.4) is 0 Å². The average molecular weight is 772 g/mol. The summed E-state index contributed by atoms with van der Waals surface area (Å²) in [6, 6.07) is 15.0. The zero-order valence-corrected chi connectivity index (χ0v) is 31.0. The summed E-state index contributed by atoms with van der Waals surface area (Å²) in [5.41, 5.74) is 8.43. The Morgan fingerprint density at radius 2 is 1.23 bits per heavy atom. The van der Waals surface area contributed by atoms with Gasteiger partial charge in [0.2, 0.25) is 0 Å². The SMILES string of the molecule is COC(=O)c1ccc2c(C3CCCCC3)c(-c3ccoc3)[nH]c2c1.COC(=O)c1ccc2c(C3CCCCC3)c(Br)[nH]c2c1.OB(O)c1ccoc1. The number of nitrogens with one attached hydrogen (secondary N) is 2. The molecule has 0 atom stereocenters. The Kier molecular flexibility index (Phi) is 12.4. The van der Waals surface area contributed by atoms with Crippen LogP contribution in [0, 0.1) is 0 Å². The first-order valence-electron chi connectivity index (χ1n) is 17.8. The molecule has 0 spiro atoms. The molecule has 0 amide bonds. The molecule has 0 bridgehead atoms. The van der Waals surface area contributed by atoms with E-state index >= 15 is 0 Å². The van der Waals surface area contributed by atoms with Gasteiger partial charge in [0, 0.05) is 32.8 Å². The fourth-order valence-electron chi connectivity index (χ4n) is 7.56. The highest BCUT2D eigenvalue weighted by Gasteiger charge is 2.25. The lowest BCUT2D eigenvalue weighted by molar-refractivity contribution is 0.0592. The highest BCUT2D eigenvalue weighted by molar-refractivity contribution is 9.10. The van der Waals surface area contributed by atoms with Gasteiger partial charge in [0.15, 0.2) is 0 Å². The van der Waals surface area contributed by atoms with Gasteiger partial charge in [0.25, 0.3) is 0 Å². The number of ether oxygens (including phenoxy) is 2. The molecule has 0 aliphatic heterocycles. The highest BCUT2D eigenvalue weighted by atomic mass is 79.9. The molecule has 2 aromatic carbocycles. The third kappa shape index (κ3) is 8.41. The Balaban J connectivity index is 0.000000149. The Morgan fingerprint density at radius 3 is 1.71 bits per heavy atom. The van der Waals surface area contributed by atoms with Crippen LogP contribution >= 0.6 is 15.9 Å². The quantitative estimate of drug-likeness (QED) is 0.0968. The lowest BCUT2D eigenvalue weighted by atomic mass is 9.82. The van der Waals surface area contributed by atoms with Crippen molar-refractivity contribution in [2.75, 3.05) is 14.2 Å². The van der Waals surface area contributed by atoms with E-state index in [-0.39, 0.29) is 11.9 Å². The number of methoxy groups -OCH3 is 2. The second kappa shape index (κ2) is 17.3. The number of hydrogen-bond donors (Lipinski definition) is 4. The number of benzene rings is 2. The van der Waals surface area contributed by atoms with Gasteiger partial charge in [-0.25, -0.2) is 9.59 Å². The van der Waals surface area contributed by atoms with E-state index in [0.29, 0.717) is 28.4 Å². The maximum Gasteiger partial charge on any atom is 0.491 e. The molecule has 272 valence electrons. The molecule has 4 N–H and O–H groups in total. The minimum atomic E-state index is -1.41. The number of aromatic nitrogens is 2. The fraction of sp³-hybridized carbons (Fsp3) is 0.350. The monoisotopic (exact) mass is 770 g/mol. The Bertz CT molecular complexity index is 2070. The van der Waals surface area contributed by atoms with Gasteiger partial charge < -0.3 is 38.3 Å². The zero-order chi connectivity index (χ0) is 36.6. The summed E-state index contributed by atoms with van der Waals surface area (Å²) >= 11 is 3.65. The van der Waals surface area contributed by atoms with E-state index in [0.717, 1.165) is 26.9 Å². The Labute approximate surface area is 311 Å². The average Bonchev–Trinajstić information content (AvgIpc) is 4.01. The molecule has 52 heavy (non-hydrogen) atoms. The smallest absolute Gasteiger partial charge is 0.473 e. The molecule has 2 saturated carbocycles. The summed E-state index contributed by atoms with van der Waals surface area (Å²) in [4.78, 5) is 30.3. The predicted octanol–water partition coefficient (Wildman–Crippen LogP) is 8.99. The van der Waals surface area contributed by atoms with Gasteiger partial charge in [0.05, 0.1) is 60.7 Å². The van der Waals surface area contributed by atoms with E-state index in [1.807, 2.05) is 42.5 Å². The van der Waals surface area contributed by atoms with Crippen molar-refractivity contribution in [3.63, 3.8) is 0 Å². The highest BCUT2D eigenvalue weighted by Crippen LogP contribution is 2.43. The van der Waals surface area contributed by atoms with Crippen molar-refractivity contribution < 1.29 is 37.9 Å². The van der Waals surface area contributed by atoms with Crippen LogP contribution in [0.5, 0.6) is 0 Å². The topological polar surface area (TPSA) is 151 Å². The summed E-state index contributed by atoms with van der Waals surface area (Å²) in [7, 11) is 1.41. The van der Waals surface area contributed by atoms with Gasteiger partial charge >= 0.3 is 19.1 Å². The van der Waals surface area contributed by atoms with Crippen LogP contribution in [-0.2, 0) is 9.47 Å². The van der Waals surface area contributed by atoms with Crippen molar-refractivity contribution in [1.29, 1.82) is 0 Å². The zero-order valence-electron chi connectivity index (χ0n) is 29.5. The standard InChI is InChI=1S/C20H21NO3.C16H18BrNO2.C4H5BO3/c1-23-20(22)14-7-8-16-17(11-14)21-19(15-9-10-24-12-15)18(16)13-5-3-2-4-6-13;1-20-16(19)11-7-8-12-13(9-11)18-15(17)14(12)10-5-3-2-4-6-10;6-5(7)4-1-2-8-3-4/h7-13,21H,2-6H2,1H3;7-10,18H,2-6H2,1H3;1-3,6-7H. The number of carbonyl (C=O) groups is 2. The van der Waals surface area contributed by atoms with Crippen LogP contribution in [-0.4, -0.2) is 53.3 Å². The first kappa shape index (κ1) is 37.2. The second-order valence-electron chi connectivity index (χ2n) is 13.4. The number of esters is 2. The van der Waals surface area contributed by atoms with Crippen LogP contribution in [0.1, 0.15) is 108 Å². The van der Waals surface area contributed by atoms with Gasteiger partial charge in [-0.15, -0.1) is 0 Å². The summed E-state index contributed by atoms with van der Waals surface area (Å²) in [6.45, 7) is 0. The number of rotatable bonds is 6. The molecular weight excluding hydrogens is 727 g/mol. The number of aromatic amines is 2. The van der Waals surface area contributed by atoms with Crippen LogP contribution in [0.2, 0.25) is 0 Å². The number of H-pyrrole nitrogens is 2. The van der Waals surface area contributed by atoms with E-state index in [4.69, 9.17) is 23.9 Å². The molecule has 6 aromatic rings. The maximum absolute atomic E-state index is 11.8. The molecule has 0 radical (unpaired) electrons. The first-order chi connectivity index (χ1) is 25.3. The first-order valence-corrected chi connectivity index (χ1v) is 18.6. The lowest BCUT2D eigenvalue weighted by Gasteiger charge is -2.22. The molecule has 4 heterocycles. The third-order valence-corrected chi connectivity index (χ3v) is 10.8. The maximum atomic E-state index is 11.8. The summed E-state index contributed by atoms with van der Waals surface area (Å²) in [5.74, 6) is 0.574. The number of furan rings is 2. The molecule has 0 saturated heterocycles. The molecule has 2 fully saturated rings. The molecule has 8 rings (SSSR count). The van der Waals surface area contributed by atoms with Crippen LogP contribution in [0.15, 0.2) is 87.0 Å². The van der Waals surface area contributed by atoms with Crippen molar-refractivity contribution in [3.05, 3.63) is 100 Å². The molecule has 2 aliphatic carbocycles. The predicted molar refractivity (Wildman–Crippen MR) is 205 cm³/mol. The number of halogens is 1. The number of carbonyl (C=O) groups excluding carboxylic acids is 2. The van der Waals surface area contributed by atoms with Crippen LogP contribution in [0.25, 0.3) is 33.1 Å². The second-order valence-corrected chi connectivity index (χ2v) is 14.2. The molecule has 4 aromatic heterocycles. The number of hydrogen-bond acceptors (Lipinski definition) is 8. The number of fused-ring (bicyclic) bond motifs is 2. The van der Waals surface area contributed by atoms with E-state index in [2.05, 4.69) is 30.3 Å². The Hall–Kier alpha value is -4.52. The van der Waals surface area contributed by atoms with Gasteiger partial charge in [-0.1, -0.05) is 50.7 Å². The van der Waals surface area contributed by atoms with Crippen LogP contribution < -0.4 is 5.46 Å². The largest absolute Gasteiger partial charge is 0.491 e. The Morgan fingerprint density at radius 1 is 0.712 bits per heavy atom. The van der Waals surface area contributed by atoms with Crippen molar-refractivity contribution in [2.45, 2.75) is 76.0 Å². The minimum absolute atomic E-state index is 0.295. The van der Waals surface area contributed by atoms with Gasteiger partial charge in [-0.3, -0.25) is 0 Å². The van der Waals surface area contributed by atoms with E-state index in [1.54, 1.807) is 12.5 Å². The fourth-order valence-corrected chi connectivity index (χ4v) is 8.31. The third-order valence-electron chi connectivity index (χ3n) is 10.1. The van der Waals surface area contributed by atoms with E-state index < -0.39 is 7.12 Å². The molecule has 2 aliphatic rings. The minimum Gasteiger partial charge on any atom is -0.473 e. The van der Waals surface area contributed by atoms with Crippen molar-refractivity contribution in [1.82, 2.24) is 9.97 Å². The summed E-state index contributed by atoms with van der Waals surface area (Å²) in [6.07, 6.45) is 18.9. The normalized spacial score (nSPS) is 15.0. The van der Waals surface area contributed by atoms with Gasteiger partial charge in [-0.05, 0) is 101 Å². The molecular formula is C40H44BBrN2O8. The van der Waals surface area contributed by atoms with Crippen LogP contribution in [0.4, 0.5) is 0 Å². The van der Waals surface area contributed by atoms with Crippen molar-refractivity contribution in [3.8, 4) is 11.3 Å². The lowest BCUT2D eigenvalue weighted by Crippen LogP contribution is -2.27. The van der Waals surface area contributed by atoms with Crippen molar-refractivity contribution >= 4 is 62.3 Å². The van der Waals surface area contributed by atoms with Gasteiger partial charge in [0.1, 0.15) is 0 Å². The molecule has 0 unspecified atom stereocenters. The van der Waals surface area contributed by atoms with E-state index in [9.17, 15) is 9.59 Å². The summed E-state index contributed by atoms with van der Waals surface area (Å²) < 4.78 is 20.5. The molecule has 12 heteroatoms.